The number of rotatable bonds is 7. The van der Waals surface area contributed by atoms with Gasteiger partial charge in [-0.25, -0.2) is 4.98 Å². The lowest BCUT2D eigenvalue weighted by atomic mass is 9.99. The molecule has 1 aliphatic heterocycles. The first-order valence-corrected chi connectivity index (χ1v) is 12.0. The number of aromatic nitrogens is 3. The summed E-state index contributed by atoms with van der Waals surface area (Å²) in [6, 6.07) is 8.74. The molecule has 0 fully saturated rings. The minimum atomic E-state index is -0.410. The molecular formula is C27H31N5O4. The molecule has 0 saturated carbocycles. The minimum absolute atomic E-state index is 0.0567. The van der Waals surface area contributed by atoms with Gasteiger partial charge in [0.15, 0.2) is 0 Å². The molecule has 0 aliphatic carbocycles. The number of fused-ring (bicyclic) bond motifs is 1. The quantitative estimate of drug-likeness (QED) is 0.543. The number of carbonyl (C=O) groups excluding carboxylic acids is 2. The van der Waals surface area contributed by atoms with Crippen LogP contribution in [0.1, 0.15) is 29.8 Å². The predicted octanol–water partition coefficient (Wildman–Crippen LogP) is 2.46. The van der Waals surface area contributed by atoms with E-state index in [2.05, 4.69) is 15.0 Å². The van der Waals surface area contributed by atoms with Crippen LogP contribution < -0.4 is 4.74 Å². The molecule has 188 valence electrons. The van der Waals surface area contributed by atoms with Crippen LogP contribution in [0.2, 0.25) is 0 Å². The van der Waals surface area contributed by atoms with Crippen LogP contribution >= 0.6 is 0 Å². The molecule has 9 heteroatoms. The molecule has 0 spiro atoms. The van der Waals surface area contributed by atoms with Crippen molar-refractivity contribution in [3.8, 4) is 17.0 Å². The zero-order chi connectivity index (χ0) is 25.7. The van der Waals surface area contributed by atoms with Crippen molar-refractivity contribution in [2.75, 3.05) is 26.7 Å². The second-order valence-electron chi connectivity index (χ2n) is 9.25. The second-order valence-corrected chi connectivity index (χ2v) is 9.25. The van der Waals surface area contributed by atoms with Crippen molar-refractivity contribution in [1.82, 2.24) is 24.8 Å². The van der Waals surface area contributed by atoms with Crippen molar-refractivity contribution in [1.29, 1.82) is 0 Å². The lowest BCUT2D eigenvalue weighted by Gasteiger charge is -2.37. The van der Waals surface area contributed by atoms with E-state index in [9.17, 15) is 14.7 Å². The summed E-state index contributed by atoms with van der Waals surface area (Å²) >= 11 is 0. The van der Waals surface area contributed by atoms with Crippen molar-refractivity contribution in [3.63, 3.8) is 0 Å². The third kappa shape index (κ3) is 5.68. The van der Waals surface area contributed by atoms with Gasteiger partial charge in [0, 0.05) is 56.1 Å². The average Bonchev–Trinajstić information content (AvgIpc) is 2.91. The fourth-order valence-corrected chi connectivity index (χ4v) is 4.21. The highest BCUT2D eigenvalue weighted by Gasteiger charge is 2.34. The Morgan fingerprint density at radius 2 is 1.97 bits per heavy atom. The topological polar surface area (TPSA) is 109 Å². The number of pyridine rings is 3. The minimum Gasteiger partial charge on any atom is -0.472 e. The first-order valence-electron chi connectivity index (χ1n) is 12.0. The summed E-state index contributed by atoms with van der Waals surface area (Å²) in [5, 5.41) is 9.85. The number of carbonyl (C=O) groups is 2. The van der Waals surface area contributed by atoms with E-state index in [4.69, 9.17) is 4.74 Å². The van der Waals surface area contributed by atoms with Gasteiger partial charge in [0.2, 0.25) is 11.8 Å². The Morgan fingerprint density at radius 3 is 2.67 bits per heavy atom. The van der Waals surface area contributed by atoms with Crippen LogP contribution in [-0.4, -0.2) is 80.6 Å². The Kier molecular flexibility index (Phi) is 7.90. The SMILES string of the molecule is C[C@H](CO)N1C[C@H](C)[C@@H](CN(C)C(=O)Cc2cccnc2)Oc2ncc(-c3ccncc3)cc2C1=O. The van der Waals surface area contributed by atoms with Crippen molar-refractivity contribution in [2.24, 2.45) is 5.92 Å². The van der Waals surface area contributed by atoms with E-state index in [1.807, 2.05) is 32.0 Å². The number of aliphatic hydroxyl groups excluding tert-OH is 1. The van der Waals surface area contributed by atoms with Crippen molar-refractivity contribution in [2.45, 2.75) is 32.4 Å². The van der Waals surface area contributed by atoms with Crippen LogP contribution in [0.4, 0.5) is 0 Å². The maximum Gasteiger partial charge on any atom is 0.259 e. The van der Waals surface area contributed by atoms with E-state index in [1.165, 1.54) is 0 Å². The third-order valence-electron chi connectivity index (χ3n) is 6.49. The molecular weight excluding hydrogens is 458 g/mol. The normalized spacial score (nSPS) is 18.4. The fourth-order valence-electron chi connectivity index (χ4n) is 4.21. The van der Waals surface area contributed by atoms with Gasteiger partial charge in [-0.2, -0.15) is 0 Å². The van der Waals surface area contributed by atoms with Crippen LogP contribution in [0.5, 0.6) is 5.88 Å². The molecule has 0 saturated heterocycles. The summed E-state index contributed by atoms with van der Waals surface area (Å²) in [7, 11) is 1.74. The van der Waals surface area contributed by atoms with Gasteiger partial charge in [0.05, 0.1) is 25.6 Å². The molecule has 4 rings (SSSR count). The Balaban J connectivity index is 1.62. The largest absolute Gasteiger partial charge is 0.472 e. The first kappa shape index (κ1) is 25.2. The zero-order valence-electron chi connectivity index (χ0n) is 20.7. The van der Waals surface area contributed by atoms with Crippen LogP contribution in [0.15, 0.2) is 61.3 Å². The molecule has 0 bridgehead atoms. The monoisotopic (exact) mass is 489 g/mol. The number of ether oxygens (including phenoxy) is 1. The Morgan fingerprint density at radius 1 is 1.19 bits per heavy atom. The lowest BCUT2D eigenvalue weighted by molar-refractivity contribution is -0.130. The smallest absolute Gasteiger partial charge is 0.259 e. The number of hydrogen-bond acceptors (Lipinski definition) is 7. The summed E-state index contributed by atoms with van der Waals surface area (Å²) in [5.74, 6) is -0.205. The molecule has 1 aliphatic rings. The van der Waals surface area contributed by atoms with Crippen molar-refractivity contribution < 1.29 is 19.4 Å². The van der Waals surface area contributed by atoms with Gasteiger partial charge in [-0.05, 0) is 42.3 Å². The van der Waals surface area contributed by atoms with Gasteiger partial charge < -0.3 is 19.6 Å². The number of nitrogens with zero attached hydrogens (tertiary/aromatic N) is 5. The number of likely N-dealkylation sites (N-methyl/N-ethyl adjacent to an activating group) is 1. The van der Waals surface area contributed by atoms with E-state index in [0.29, 0.717) is 18.7 Å². The van der Waals surface area contributed by atoms with Gasteiger partial charge in [-0.15, -0.1) is 0 Å². The number of hydrogen-bond donors (Lipinski definition) is 1. The highest BCUT2D eigenvalue weighted by Crippen LogP contribution is 2.30. The summed E-state index contributed by atoms with van der Waals surface area (Å²) in [4.78, 5) is 42.4. The summed E-state index contributed by atoms with van der Waals surface area (Å²) in [6.45, 7) is 4.31. The molecule has 4 heterocycles. The Labute approximate surface area is 210 Å². The average molecular weight is 490 g/mol. The van der Waals surface area contributed by atoms with Gasteiger partial charge in [0.1, 0.15) is 11.7 Å². The van der Waals surface area contributed by atoms with Crippen LogP contribution in [-0.2, 0) is 11.2 Å². The molecule has 1 N–H and O–H groups in total. The maximum atomic E-state index is 13.6. The molecule has 3 atom stereocenters. The highest BCUT2D eigenvalue weighted by atomic mass is 16.5. The summed E-state index contributed by atoms with van der Waals surface area (Å²) < 4.78 is 6.30. The first-order chi connectivity index (χ1) is 17.4. The third-order valence-corrected chi connectivity index (χ3v) is 6.49. The van der Waals surface area contributed by atoms with Crippen molar-refractivity contribution in [3.05, 3.63) is 72.4 Å². The molecule has 9 nitrogen and oxygen atoms in total. The van der Waals surface area contributed by atoms with Gasteiger partial charge in [-0.3, -0.25) is 19.6 Å². The molecule has 0 unspecified atom stereocenters. The maximum absolute atomic E-state index is 13.6. The molecule has 3 aromatic heterocycles. The van der Waals surface area contributed by atoms with E-state index in [1.54, 1.807) is 60.0 Å². The van der Waals surface area contributed by atoms with Gasteiger partial charge in [-0.1, -0.05) is 13.0 Å². The Hall–Kier alpha value is -3.85. The van der Waals surface area contributed by atoms with Gasteiger partial charge >= 0.3 is 0 Å². The van der Waals surface area contributed by atoms with E-state index in [0.717, 1.165) is 16.7 Å². The molecule has 0 aromatic carbocycles. The van der Waals surface area contributed by atoms with E-state index >= 15 is 0 Å². The predicted molar refractivity (Wildman–Crippen MR) is 134 cm³/mol. The van der Waals surface area contributed by atoms with Crippen molar-refractivity contribution >= 4 is 11.8 Å². The molecule has 0 radical (unpaired) electrons. The molecule has 3 aromatic rings. The van der Waals surface area contributed by atoms with E-state index in [-0.39, 0.29) is 42.7 Å². The fraction of sp³-hybridized carbons (Fsp3) is 0.370. The Bertz CT molecular complexity index is 1190. The highest BCUT2D eigenvalue weighted by molar-refractivity contribution is 5.98. The summed E-state index contributed by atoms with van der Waals surface area (Å²) in [6.07, 6.45) is 8.21. The molecule has 36 heavy (non-hydrogen) atoms. The van der Waals surface area contributed by atoms with Crippen LogP contribution in [0, 0.1) is 5.92 Å². The van der Waals surface area contributed by atoms with Crippen LogP contribution in [0.3, 0.4) is 0 Å². The number of amides is 2. The lowest BCUT2D eigenvalue weighted by Crippen LogP contribution is -2.50. The van der Waals surface area contributed by atoms with Crippen LogP contribution in [0.25, 0.3) is 11.1 Å². The standard InChI is InChI=1S/C27H31N5O4/c1-18-15-32(19(2)17-33)27(35)23-12-22(21-6-9-28-10-7-21)14-30-26(23)36-24(18)16-31(3)25(34)11-20-5-4-8-29-13-20/h4-10,12-14,18-19,24,33H,11,15-17H2,1-3H3/t18-,19+,24+/m0/s1. The zero-order valence-corrected chi connectivity index (χ0v) is 20.7. The number of aliphatic hydroxyl groups is 1. The van der Waals surface area contributed by atoms with Gasteiger partial charge in [0.25, 0.3) is 5.91 Å². The summed E-state index contributed by atoms with van der Waals surface area (Å²) in [5.41, 5.74) is 2.80. The second kappa shape index (κ2) is 11.3. The van der Waals surface area contributed by atoms with E-state index < -0.39 is 6.10 Å². The molecule has 2 amide bonds.